The summed E-state index contributed by atoms with van der Waals surface area (Å²) in [6.45, 7) is 9.59. The smallest absolute Gasteiger partial charge is 0.231 e. The van der Waals surface area contributed by atoms with Gasteiger partial charge in [-0.2, -0.15) is 9.94 Å². The molecule has 1 amide bonds. The summed E-state index contributed by atoms with van der Waals surface area (Å²) in [6.07, 6.45) is 0. The molecule has 1 aromatic heterocycles. The summed E-state index contributed by atoms with van der Waals surface area (Å²) < 4.78 is 1.61. The third-order valence-electron chi connectivity index (χ3n) is 4.29. The van der Waals surface area contributed by atoms with E-state index in [-0.39, 0.29) is 17.6 Å². The van der Waals surface area contributed by atoms with Crippen molar-refractivity contribution in [3.05, 3.63) is 29.3 Å². The summed E-state index contributed by atoms with van der Waals surface area (Å²) in [5.74, 6) is -0.0837. The molecule has 0 saturated heterocycles. The van der Waals surface area contributed by atoms with Crippen molar-refractivity contribution in [1.29, 1.82) is 5.26 Å². The Labute approximate surface area is 151 Å². The van der Waals surface area contributed by atoms with Crippen LogP contribution in [-0.4, -0.2) is 37.4 Å². The average Bonchev–Trinajstić information content (AvgIpc) is 3.03. The number of aryl methyl sites for hydroxylation is 2. The highest BCUT2D eigenvalue weighted by Gasteiger charge is 2.30. The molecule has 0 aliphatic heterocycles. The molecule has 0 radical (unpaired) electrons. The van der Waals surface area contributed by atoms with E-state index in [2.05, 4.69) is 26.9 Å². The van der Waals surface area contributed by atoms with E-state index in [0.717, 1.165) is 11.3 Å². The zero-order valence-corrected chi connectivity index (χ0v) is 15.9. The minimum Gasteiger partial charge on any atom is -0.337 e. The lowest BCUT2D eigenvalue weighted by molar-refractivity contribution is -0.120. The predicted octanol–water partition coefficient (Wildman–Crippen LogP) is 2.43. The summed E-state index contributed by atoms with van der Waals surface area (Å²) in [4.78, 5) is 12.2. The number of nitrogens with zero attached hydrogens (tertiary/aromatic N) is 5. The molecule has 25 heavy (non-hydrogen) atoms. The summed E-state index contributed by atoms with van der Waals surface area (Å²) in [5.41, 5.74) is 2.29. The van der Waals surface area contributed by atoms with E-state index < -0.39 is 5.54 Å². The van der Waals surface area contributed by atoms with Gasteiger partial charge in [0.2, 0.25) is 11.1 Å². The van der Waals surface area contributed by atoms with E-state index in [1.54, 1.807) is 11.6 Å². The third kappa shape index (κ3) is 4.37. The predicted molar refractivity (Wildman–Crippen MR) is 96.4 cm³/mol. The molecule has 0 saturated carbocycles. The number of tetrazole rings is 1. The summed E-state index contributed by atoms with van der Waals surface area (Å²) in [7, 11) is 0. The van der Waals surface area contributed by atoms with Gasteiger partial charge in [0.1, 0.15) is 5.54 Å². The van der Waals surface area contributed by atoms with Crippen LogP contribution in [0, 0.1) is 31.1 Å². The van der Waals surface area contributed by atoms with Crippen LogP contribution >= 0.6 is 11.8 Å². The first-order valence-electron chi connectivity index (χ1n) is 7.98. The molecule has 0 fully saturated rings. The molecule has 0 spiro atoms. The molecule has 1 aromatic carbocycles. The Morgan fingerprint density at radius 3 is 2.72 bits per heavy atom. The summed E-state index contributed by atoms with van der Waals surface area (Å²) in [6, 6.07) is 8.11. The monoisotopic (exact) mass is 358 g/mol. The van der Waals surface area contributed by atoms with Gasteiger partial charge in [0.05, 0.1) is 17.5 Å². The van der Waals surface area contributed by atoms with Gasteiger partial charge < -0.3 is 5.32 Å². The number of carbonyl (C=O) groups is 1. The van der Waals surface area contributed by atoms with Gasteiger partial charge in [-0.05, 0) is 60.4 Å². The van der Waals surface area contributed by atoms with Crippen molar-refractivity contribution in [1.82, 2.24) is 25.5 Å². The van der Waals surface area contributed by atoms with Gasteiger partial charge in [-0.1, -0.05) is 31.7 Å². The molecular formula is C17H22N6OS. The number of hydrogen-bond acceptors (Lipinski definition) is 6. The van der Waals surface area contributed by atoms with Gasteiger partial charge in [-0.15, -0.1) is 5.10 Å². The van der Waals surface area contributed by atoms with Gasteiger partial charge in [0.25, 0.3) is 0 Å². The van der Waals surface area contributed by atoms with Crippen LogP contribution in [0.4, 0.5) is 0 Å². The molecule has 0 aliphatic carbocycles. The van der Waals surface area contributed by atoms with Gasteiger partial charge in [-0.3, -0.25) is 4.79 Å². The zero-order valence-electron chi connectivity index (χ0n) is 15.1. The van der Waals surface area contributed by atoms with Crippen LogP contribution in [0.2, 0.25) is 0 Å². The lowest BCUT2D eigenvalue weighted by Gasteiger charge is -2.27. The molecule has 1 unspecified atom stereocenters. The molecule has 8 heteroatoms. The molecule has 132 valence electrons. The fourth-order valence-corrected chi connectivity index (χ4v) is 2.74. The van der Waals surface area contributed by atoms with Crippen molar-refractivity contribution in [3.63, 3.8) is 0 Å². The maximum absolute atomic E-state index is 12.2. The second-order valence-corrected chi connectivity index (χ2v) is 7.39. The lowest BCUT2D eigenvalue weighted by atomic mass is 9.90. The Kier molecular flexibility index (Phi) is 5.80. The highest BCUT2D eigenvalue weighted by molar-refractivity contribution is 7.99. The van der Waals surface area contributed by atoms with E-state index in [1.165, 1.54) is 17.3 Å². The Morgan fingerprint density at radius 1 is 1.40 bits per heavy atom. The number of nitriles is 1. The average molecular weight is 358 g/mol. The molecule has 0 aliphatic rings. The molecule has 0 bridgehead atoms. The number of amides is 1. The fraction of sp³-hybridized carbons (Fsp3) is 0.471. The van der Waals surface area contributed by atoms with Crippen LogP contribution < -0.4 is 5.32 Å². The van der Waals surface area contributed by atoms with Crippen molar-refractivity contribution in [3.8, 4) is 11.8 Å². The molecule has 1 atom stereocenters. The minimum absolute atomic E-state index is 0.00676. The molecule has 2 aromatic rings. The first-order valence-corrected chi connectivity index (χ1v) is 8.96. The topological polar surface area (TPSA) is 96.5 Å². The summed E-state index contributed by atoms with van der Waals surface area (Å²) in [5, 5.41) is 24.3. The standard InChI is InChI=1S/C17H22N6OS/c1-11(2)17(5,10-18)19-15(24)9-25-16-20-21-22-23(16)14-7-6-12(3)13(4)8-14/h6-8,11H,9H2,1-5H3,(H,19,24). The van der Waals surface area contributed by atoms with Crippen LogP contribution in [0.1, 0.15) is 31.9 Å². The van der Waals surface area contributed by atoms with Crippen molar-refractivity contribution in [2.45, 2.75) is 45.3 Å². The normalized spacial score (nSPS) is 13.3. The third-order valence-corrected chi connectivity index (χ3v) is 5.21. The van der Waals surface area contributed by atoms with Gasteiger partial charge in [-0.25, -0.2) is 0 Å². The molecule has 2 rings (SSSR count). The molecule has 7 nitrogen and oxygen atoms in total. The second kappa shape index (κ2) is 7.66. The number of hydrogen-bond donors (Lipinski definition) is 1. The quantitative estimate of drug-likeness (QED) is 0.797. The minimum atomic E-state index is -0.891. The highest BCUT2D eigenvalue weighted by Crippen LogP contribution is 2.21. The maximum atomic E-state index is 12.2. The van der Waals surface area contributed by atoms with Crippen molar-refractivity contribution in [2.24, 2.45) is 5.92 Å². The molecule has 1 N–H and O–H groups in total. The van der Waals surface area contributed by atoms with Crippen LogP contribution in [0.15, 0.2) is 23.4 Å². The van der Waals surface area contributed by atoms with E-state index >= 15 is 0 Å². The Hall–Kier alpha value is -2.40. The van der Waals surface area contributed by atoms with Crippen molar-refractivity contribution in [2.75, 3.05) is 5.75 Å². The zero-order chi connectivity index (χ0) is 18.6. The van der Waals surface area contributed by atoms with Crippen LogP contribution in [-0.2, 0) is 4.79 Å². The van der Waals surface area contributed by atoms with Crippen LogP contribution in [0.25, 0.3) is 5.69 Å². The number of nitrogens with one attached hydrogen (secondary N) is 1. The summed E-state index contributed by atoms with van der Waals surface area (Å²) >= 11 is 1.24. The van der Waals surface area contributed by atoms with E-state index in [4.69, 9.17) is 0 Å². The van der Waals surface area contributed by atoms with Gasteiger partial charge >= 0.3 is 0 Å². The van der Waals surface area contributed by atoms with E-state index in [9.17, 15) is 10.1 Å². The largest absolute Gasteiger partial charge is 0.337 e. The first kappa shape index (κ1) is 18.9. The van der Waals surface area contributed by atoms with Crippen molar-refractivity contribution < 1.29 is 4.79 Å². The Balaban J connectivity index is 2.08. The SMILES string of the molecule is Cc1ccc(-n2nnnc2SCC(=O)NC(C)(C#N)C(C)C)cc1C. The Morgan fingerprint density at radius 2 is 2.12 bits per heavy atom. The van der Waals surface area contributed by atoms with Gasteiger partial charge in [0.15, 0.2) is 0 Å². The van der Waals surface area contributed by atoms with Crippen LogP contribution in [0.5, 0.6) is 0 Å². The number of aromatic nitrogens is 4. The fourth-order valence-electron chi connectivity index (χ4n) is 2.05. The van der Waals surface area contributed by atoms with Gasteiger partial charge in [0, 0.05) is 0 Å². The number of carbonyl (C=O) groups excluding carboxylic acids is 1. The van der Waals surface area contributed by atoms with E-state index in [0.29, 0.717) is 5.16 Å². The highest BCUT2D eigenvalue weighted by atomic mass is 32.2. The van der Waals surface area contributed by atoms with Crippen molar-refractivity contribution >= 4 is 17.7 Å². The number of rotatable bonds is 6. The second-order valence-electron chi connectivity index (χ2n) is 6.45. The number of thioether (sulfide) groups is 1. The van der Waals surface area contributed by atoms with Crippen LogP contribution in [0.3, 0.4) is 0 Å². The molecular weight excluding hydrogens is 336 g/mol. The van der Waals surface area contributed by atoms with E-state index in [1.807, 2.05) is 45.9 Å². The number of benzene rings is 1. The lowest BCUT2D eigenvalue weighted by Crippen LogP contribution is -2.49. The Bertz CT molecular complexity index is 810. The molecule has 1 heterocycles. The maximum Gasteiger partial charge on any atom is 0.231 e. The first-order chi connectivity index (χ1) is 11.8.